The number of carbonyl (C=O) groups excluding carboxylic acids is 1. The van der Waals surface area contributed by atoms with Gasteiger partial charge in [0.2, 0.25) is 5.91 Å². The molecule has 0 fully saturated rings. The van der Waals surface area contributed by atoms with E-state index in [2.05, 4.69) is 43.5 Å². The molecule has 0 bridgehead atoms. The summed E-state index contributed by atoms with van der Waals surface area (Å²) in [6, 6.07) is 15.1. The molecule has 0 saturated heterocycles. The van der Waals surface area contributed by atoms with Gasteiger partial charge < -0.3 is 15.4 Å². The molecule has 24 heavy (non-hydrogen) atoms. The minimum absolute atomic E-state index is 0.0833. The van der Waals surface area contributed by atoms with Crippen LogP contribution in [0, 0.1) is 0 Å². The molecule has 0 heterocycles. The van der Waals surface area contributed by atoms with Crippen molar-refractivity contribution in [3.05, 3.63) is 54.1 Å². The maximum absolute atomic E-state index is 12.3. The SMILES string of the molecule is COc1ccc(NC(=O)C(C)Nc2ccc(C(C)(C)C)cc2)cc1. The van der Waals surface area contributed by atoms with Crippen molar-refractivity contribution in [3.8, 4) is 5.75 Å². The summed E-state index contributed by atoms with van der Waals surface area (Å²) in [5.74, 6) is 0.679. The monoisotopic (exact) mass is 326 g/mol. The number of methoxy groups -OCH3 is 1. The Morgan fingerprint density at radius 1 is 0.958 bits per heavy atom. The molecule has 0 spiro atoms. The zero-order valence-electron chi connectivity index (χ0n) is 15.0. The van der Waals surface area contributed by atoms with Gasteiger partial charge in [-0.3, -0.25) is 4.79 Å². The molecule has 1 atom stereocenters. The second-order valence-corrected chi connectivity index (χ2v) is 6.91. The summed E-state index contributed by atoms with van der Waals surface area (Å²) in [5, 5.41) is 6.12. The highest BCUT2D eigenvalue weighted by molar-refractivity contribution is 5.96. The molecular weight excluding hydrogens is 300 g/mol. The minimum atomic E-state index is -0.340. The van der Waals surface area contributed by atoms with Crippen molar-refractivity contribution in [1.29, 1.82) is 0 Å². The number of anilines is 2. The third-order valence-corrected chi connectivity index (χ3v) is 3.88. The summed E-state index contributed by atoms with van der Waals surface area (Å²) in [7, 11) is 1.62. The molecule has 0 aromatic heterocycles. The van der Waals surface area contributed by atoms with Gasteiger partial charge in [-0.25, -0.2) is 0 Å². The number of hydrogen-bond donors (Lipinski definition) is 2. The highest BCUT2D eigenvalue weighted by Gasteiger charge is 2.15. The Morgan fingerprint density at radius 3 is 2.00 bits per heavy atom. The Kier molecular flexibility index (Phi) is 5.50. The first-order valence-electron chi connectivity index (χ1n) is 8.11. The van der Waals surface area contributed by atoms with E-state index in [1.165, 1.54) is 5.56 Å². The molecule has 2 aromatic carbocycles. The van der Waals surface area contributed by atoms with E-state index >= 15 is 0 Å². The molecule has 0 aliphatic rings. The van der Waals surface area contributed by atoms with Gasteiger partial charge in [0.25, 0.3) is 0 Å². The molecule has 0 aliphatic carbocycles. The fourth-order valence-corrected chi connectivity index (χ4v) is 2.31. The zero-order valence-corrected chi connectivity index (χ0v) is 15.0. The Hall–Kier alpha value is -2.49. The Morgan fingerprint density at radius 2 is 1.50 bits per heavy atom. The predicted molar refractivity (Wildman–Crippen MR) is 99.9 cm³/mol. The van der Waals surface area contributed by atoms with Gasteiger partial charge in [-0.2, -0.15) is 0 Å². The van der Waals surface area contributed by atoms with Crippen LogP contribution in [0.1, 0.15) is 33.3 Å². The van der Waals surface area contributed by atoms with Gasteiger partial charge >= 0.3 is 0 Å². The van der Waals surface area contributed by atoms with Crippen molar-refractivity contribution in [1.82, 2.24) is 0 Å². The highest BCUT2D eigenvalue weighted by atomic mass is 16.5. The van der Waals surface area contributed by atoms with Crippen molar-refractivity contribution in [2.24, 2.45) is 0 Å². The van der Waals surface area contributed by atoms with Gasteiger partial charge in [-0.05, 0) is 54.3 Å². The standard InChI is InChI=1S/C20H26N2O2/c1-14(19(23)22-17-10-12-18(24-5)13-11-17)21-16-8-6-15(7-9-16)20(2,3)4/h6-14,21H,1-5H3,(H,22,23). The van der Waals surface area contributed by atoms with Crippen LogP contribution in [0.15, 0.2) is 48.5 Å². The fraction of sp³-hybridized carbons (Fsp3) is 0.350. The fourth-order valence-electron chi connectivity index (χ4n) is 2.31. The number of rotatable bonds is 5. The van der Waals surface area contributed by atoms with E-state index in [1.54, 1.807) is 7.11 Å². The number of carbonyl (C=O) groups is 1. The lowest BCUT2D eigenvalue weighted by Gasteiger charge is -2.20. The van der Waals surface area contributed by atoms with Crippen LogP contribution in [0.2, 0.25) is 0 Å². The maximum Gasteiger partial charge on any atom is 0.246 e. The summed E-state index contributed by atoms with van der Waals surface area (Å²) in [4.78, 5) is 12.3. The first kappa shape index (κ1) is 17.9. The smallest absolute Gasteiger partial charge is 0.246 e. The molecule has 1 amide bonds. The van der Waals surface area contributed by atoms with E-state index in [0.717, 1.165) is 17.1 Å². The lowest BCUT2D eigenvalue weighted by Crippen LogP contribution is -2.31. The molecule has 4 nitrogen and oxygen atoms in total. The van der Waals surface area contributed by atoms with Crippen molar-refractivity contribution < 1.29 is 9.53 Å². The molecule has 0 saturated carbocycles. The first-order valence-corrected chi connectivity index (χ1v) is 8.11. The molecule has 1 unspecified atom stereocenters. The van der Waals surface area contributed by atoms with E-state index < -0.39 is 0 Å². The van der Waals surface area contributed by atoms with E-state index in [4.69, 9.17) is 4.74 Å². The maximum atomic E-state index is 12.3. The molecule has 0 aliphatic heterocycles. The lowest BCUT2D eigenvalue weighted by atomic mass is 9.87. The van der Waals surface area contributed by atoms with Crippen LogP contribution >= 0.6 is 0 Å². The van der Waals surface area contributed by atoms with Crippen molar-refractivity contribution in [3.63, 3.8) is 0 Å². The minimum Gasteiger partial charge on any atom is -0.497 e. The first-order chi connectivity index (χ1) is 11.3. The van der Waals surface area contributed by atoms with Crippen LogP contribution in [-0.4, -0.2) is 19.1 Å². The quantitative estimate of drug-likeness (QED) is 0.854. The number of ether oxygens (including phenoxy) is 1. The van der Waals surface area contributed by atoms with Gasteiger partial charge in [-0.15, -0.1) is 0 Å². The number of amides is 1. The molecule has 2 rings (SSSR count). The summed E-state index contributed by atoms with van der Waals surface area (Å²) in [6.45, 7) is 8.39. The van der Waals surface area contributed by atoms with Gasteiger partial charge in [-0.1, -0.05) is 32.9 Å². The molecule has 0 radical (unpaired) electrons. The van der Waals surface area contributed by atoms with E-state index in [9.17, 15) is 4.79 Å². The summed E-state index contributed by atoms with van der Waals surface area (Å²) >= 11 is 0. The third-order valence-electron chi connectivity index (χ3n) is 3.88. The Balaban J connectivity index is 1.95. The topological polar surface area (TPSA) is 50.4 Å². The van der Waals surface area contributed by atoms with E-state index in [-0.39, 0.29) is 17.4 Å². The van der Waals surface area contributed by atoms with Crippen LogP contribution in [0.5, 0.6) is 5.75 Å². The predicted octanol–water partition coefficient (Wildman–Crippen LogP) is 4.43. The number of hydrogen-bond acceptors (Lipinski definition) is 3. The molecule has 2 aromatic rings. The summed E-state index contributed by atoms with van der Waals surface area (Å²) in [6.07, 6.45) is 0. The molecule has 128 valence electrons. The molecule has 4 heteroatoms. The summed E-state index contributed by atoms with van der Waals surface area (Å²) < 4.78 is 5.11. The van der Waals surface area contributed by atoms with E-state index in [1.807, 2.05) is 43.3 Å². The second-order valence-electron chi connectivity index (χ2n) is 6.91. The number of nitrogens with one attached hydrogen (secondary N) is 2. The van der Waals surface area contributed by atoms with Gasteiger partial charge in [0.15, 0.2) is 0 Å². The molecule has 2 N–H and O–H groups in total. The average Bonchev–Trinajstić information content (AvgIpc) is 2.55. The van der Waals surface area contributed by atoms with Gasteiger partial charge in [0.05, 0.1) is 7.11 Å². The van der Waals surface area contributed by atoms with Crippen molar-refractivity contribution in [2.75, 3.05) is 17.7 Å². The summed E-state index contributed by atoms with van der Waals surface area (Å²) in [5.41, 5.74) is 3.07. The van der Waals surface area contributed by atoms with Crippen LogP contribution in [0.4, 0.5) is 11.4 Å². The largest absolute Gasteiger partial charge is 0.497 e. The van der Waals surface area contributed by atoms with Crippen LogP contribution < -0.4 is 15.4 Å². The highest BCUT2D eigenvalue weighted by Crippen LogP contribution is 2.23. The zero-order chi connectivity index (χ0) is 17.7. The van der Waals surface area contributed by atoms with Crippen LogP contribution in [0.3, 0.4) is 0 Å². The van der Waals surface area contributed by atoms with Crippen LogP contribution in [0.25, 0.3) is 0 Å². The molecular formula is C20H26N2O2. The second kappa shape index (κ2) is 7.39. The van der Waals surface area contributed by atoms with Crippen molar-refractivity contribution in [2.45, 2.75) is 39.2 Å². The van der Waals surface area contributed by atoms with E-state index in [0.29, 0.717) is 0 Å². The van der Waals surface area contributed by atoms with Crippen molar-refractivity contribution >= 4 is 17.3 Å². The Bertz CT molecular complexity index is 670. The third kappa shape index (κ3) is 4.75. The normalized spacial score (nSPS) is 12.4. The Labute approximate surface area is 144 Å². The van der Waals surface area contributed by atoms with Crippen LogP contribution in [-0.2, 0) is 10.2 Å². The lowest BCUT2D eigenvalue weighted by molar-refractivity contribution is -0.116. The van der Waals surface area contributed by atoms with Gasteiger partial charge in [0, 0.05) is 11.4 Å². The van der Waals surface area contributed by atoms with Gasteiger partial charge in [0.1, 0.15) is 11.8 Å². The average molecular weight is 326 g/mol. The number of benzene rings is 2.